The number of anilines is 1. The molecular weight excluding hydrogens is 551 g/mol. The highest BCUT2D eigenvalue weighted by molar-refractivity contribution is 8.18. The van der Waals surface area contributed by atoms with Gasteiger partial charge in [-0.3, -0.25) is 19.3 Å². The van der Waals surface area contributed by atoms with Gasteiger partial charge in [0, 0.05) is 10.7 Å². The maximum absolute atomic E-state index is 12.9. The fraction of sp³-hybridized carbons (Fsp3) is 0.111. The van der Waals surface area contributed by atoms with E-state index >= 15 is 0 Å². The largest absolute Gasteiger partial charge is 0.489 e. The van der Waals surface area contributed by atoms with Crippen LogP contribution in [0.1, 0.15) is 21.5 Å². The molecule has 1 saturated heterocycles. The van der Waals surface area contributed by atoms with Gasteiger partial charge in [-0.25, -0.2) is 4.79 Å². The first-order valence-electron chi connectivity index (χ1n) is 11.1. The Kier molecular flexibility index (Phi) is 8.73. The molecule has 11 heteroatoms. The normalized spacial score (nSPS) is 14.1. The Morgan fingerprint density at radius 2 is 1.79 bits per heavy atom. The summed E-state index contributed by atoms with van der Waals surface area (Å²) in [6.45, 7) is -0.163. The fourth-order valence-electron chi connectivity index (χ4n) is 3.44. The molecule has 0 aliphatic carbocycles. The third kappa shape index (κ3) is 6.74. The second-order valence-corrected chi connectivity index (χ2v) is 9.83. The van der Waals surface area contributed by atoms with E-state index in [4.69, 9.17) is 27.9 Å². The van der Waals surface area contributed by atoms with Gasteiger partial charge in [0.1, 0.15) is 18.9 Å². The van der Waals surface area contributed by atoms with Crippen LogP contribution in [0.2, 0.25) is 10.0 Å². The summed E-state index contributed by atoms with van der Waals surface area (Å²) in [5.41, 5.74) is 1.93. The van der Waals surface area contributed by atoms with E-state index in [1.54, 1.807) is 42.5 Å². The first-order valence-corrected chi connectivity index (χ1v) is 12.7. The quantitative estimate of drug-likeness (QED) is 0.260. The van der Waals surface area contributed by atoms with E-state index < -0.39 is 29.6 Å². The van der Waals surface area contributed by atoms with Crippen LogP contribution in [-0.2, 0) is 20.9 Å². The molecular formula is C27H20Cl2N2O6S. The highest BCUT2D eigenvalue weighted by Gasteiger charge is 2.36. The van der Waals surface area contributed by atoms with Crippen molar-refractivity contribution in [3.05, 3.63) is 98.4 Å². The molecule has 1 N–H and O–H groups in total. The zero-order valence-electron chi connectivity index (χ0n) is 19.9. The Morgan fingerprint density at radius 3 is 2.53 bits per heavy atom. The van der Waals surface area contributed by atoms with Gasteiger partial charge in [-0.05, 0) is 71.4 Å². The van der Waals surface area contributed by atoms with Crippen LogP contribution in [-0.4, -0.2) is 41.6 Å². The van der Waals surface area contributed by atoms with Gasteiger partial charge in [0.05, 0.1) is 22.6 Å². The summed E-state index contributed by atoms with van der Waals surface area (Å²) in [4.78, 5) is 50.8. The summed E-state index contributed by atoms with van der Waals surface area (Å²) < 4.78 is 10.5. The second-order valence-electron chi connectivity index (χ2n) is 7.99. The number of hydrogen-bond acceptors (Lipinski definition) is 7. The number of nitrogens with zero attached hydrogens (tertiary/aromatic N) is 1. The van der Waals surface area contributed by atoms with Gasteiger partial charge >= 0.3 is 5.97 Å². The third-order valence-electron chi connectivity index (χ3n) is 5.31. The Balaban J connectivity index is 1.40. The summed E-state index contributed by atoms with van der Waals surface area (Å²) in [6, 6.07) is 18.6. The smallest absolute Gasteiger partial charge is 0.339 e. The van der Waals surface area contributed by atoms with Gasteiger partial charge < -0.3 is 14.8 Å². The van der Waals surface area contributed by atoms with E-state index in [0.29, 0.717) is 22.9 Å². The van der Waals surface area contributed by atoms with Crippen molar-refractivity contribution in [1.29, 1.82) is 0 Å². The van der Waals surface area contributed by atoms with Gasteiger partial charge in [0.15, 0.2) is 0 Å². The van der Waals surface area contributed by atoms with E-state index in [9.17, 15) is 19.2 Å². The summed E-state index contributed by atoms with van der Waals surface area (Å²) in [7, 11) is 1.21. The van der Waals surface area contributed by atoms with Crippen LogP contribution < -0.4 is 10.1 Å². The lowest BCUT2D eigenvalue weighted by atomic mass is 10.2. The van der Waals surface area contributed by atoms with E-state index in [2.05, 4.69) is 10.1 Å². The van der Waals surface area contributed by atoms with E-state index in [1.807, 2.05) is 12.1 Å². The van der Waals surface area contributed by atoms with Crippen LogP contribution in [0.15, 0.2) is 71.6 Å². The minimum Gasteiger partial charge on any atom is -0.489 e. The molecule has 0 unspecified atom stereocenters. The number of benzene rings is 3. The average Bonchev–Trinajstić information content (AvgIpc) is 3.16. The van der Waals surface area contributed by atoms with Gasteiger partial charge in [0.25, 0.3) is 11.1 Å². The number of thioether (sulfide) groups is 1. The molecule has 1 heterocycles. The molecule has 0 aromatic heterocycles. The Hall–Kier alpha value is -3.79. The number of amides is 3. The molecule has 0 spiro atoms. The van der Waals surface area contributed by atoms with E-state index in [-0.39, 0.29) is 21.2 Å². The van der Waals surface area contributed by atoms with Crippen molar-refractivity contribution in [2.24, 2.45) is 0 Å². The van der Waals surface area contributed by atoms with Crippen molar-refractivity contribution >= 4 is 69.8 Å². The van der Waals surface area contributed by atoms with Gasteiger partial charge in [-0.1, -0.05) is 47.5 Å². The zero-order valence-corrected chi connectivity index (χ0v) is 22.2. The number of carbonyl (C=O) groups is 4. The standard InChI is InChI=1S/C27H20Cl2N2O6S/c1-36-26(34)21-13-19(9-10-22(21)29)30-24(32)14-31-25(33)23(38-27(31)35)12-17-3-2-4-20(11-17)37-15-16-5-7-18(28)8-6-16/h2-13H,14-15H2,1H3,(H,30,32)/b23-12+. The number of nitrogens with one attached hydrogen (secondary N) is 1. The molecule has 8 nitrogen and oxygen atoms in total. The van der Waals surface area contributed by atoms with E-state index in [0.717, 1.165) is 22.2 Å². The SMILES string of the molecule is COC(=O)c1cc(NC(=O)CN2C(=O)S/C(=C/c3cccc(OCc4ccc(Cl)cc4)c3)C2=O)ccc1Cl. The Bertz CT molecular complexity index is 1440. The number of hydrogen-bond donors (Lipinski definition) is 1. The lowest BCUT2D eigenvalue weighted by Gasteiger charge is -2.13. The maximum atomic E-state index is 12.9. The summed E-state index contributed by atoms with van der Waals surface area (Å²) in [6.07, 6.45) is 1.57. The Labute approximate surface area is 232 Å². The molecule has 38 heavy (non-hydrogen) atoms. The summed E-state index contributed by atoms with van der Waals surface area (Å²) >= 11 is 12.6. The third-order valence-corrected chi connectivity index (χ3v) is 6.79. The van der Waals surface area contributed by atoms with Crippen LogP contribution in [0, 0.1) is 0 Å². The monoisotopic (exact) mass is 570 g/mol. The summed E-state index contributed by atoms with van der Waals surface area (Å²) in [5.74, 6) is -1.29. The summed E-state index contributed by atoms with van der Waals surface area (Å²) in [5, 5.41) is 2.78. The molecule has 1 aliphatic heterocycles. The number of ether oxygens (including phenoxy) is 2. The predicted octanol–water partition coefficient (Wildman–Crippen LogP) is 6.03. The van der Waals surface area contributed by atoms with Crippen molar-refractivity contribution in [2.75, 3.05) is 19.0 Å². The molecule has 4 rings (SSSR count). The molecule has 0 atom stereocenters. The van der Waals surface area contributed by atoms with Crippen LogP contribution in [0.5, 0.6) is 5.75 Å². The second kappa shape index (κ2) is 12.2. The van der Waals surface area contributed by atoms with Crippen molar-refractivity contribution in [3.8, 4) is 5.75 Å². The average molecular weight is 571 g/mol. The molecule has 0 saturated carbocycles. The number of imide groups is 1. The van der Waals surface area contributed by atoms with Crippen molar-refractivity contribution < 1.29 is 28.7 Å². The maximum Gasteiger partial charge on any atom is 0.339 e. The lowest BCUT2D eigenvalue weighted by Crippen LogP contribution is -2.36. The van der Waals surface area contributed by atoms with Gasteiger partial charge in [0.2, 0.25) is 5.91 Å². The molecule has 1 aliphatic rings. The molecule has 0 radical (unpaired) electrons. The lowest BCUT2D eigenvalue weighted by molar-refractivity contribution is -0.127. The van der Waals surface area contributed by atoms with Crippen LogP contribution in [0.3, 0.4) is 0 Å². The molecule has 1 fully saturated rings. The van der Waals surface area contributed by atoms with Gasteiger partial charge in [-0.15, -0.1) is 0 Å². The number of carbonyl (C=O) groups excluding carboxylic acids is 4. The number of rotatable bonds is 8. The molecule has 194 valence electrons. The number of methoxy groups -OCH3 is 1. The minimum atomic E-state index is -0.665. The van der Waals surface area contributed by atoms with Crippen LogP contribution >= 0.6 is 35.0 Å². The fourth-order valence-corrected chi connectivity index (χ4v) is 4.60. The zero-order chi connectivity index (χ0) is 27.2. The van der Waals surface area contributed by atoms with Crippen molar-refractivity contribution in [2.45, 2.75) is 6.61 Å². The minimum absolute atomic E-state index is 0.0699. The first-order chi connectivity index (χ1) is 18.2. The van der Waals surface area contributed by atoms with Crippen LogP contribution in [0.25, 0.3) is 6.08 Å². The van der Waals surface area contributed by atoms with E-state index in [1.165, 1.54) is 25.3 Å². The molecule has 3 aromatic carbocycles. The highest BCUT2D eigenvalue weighted by Crippen LogP contribution is 2.33. The molecule has 3 amide bonds. The molecule has 3 aromatic rings. The van der Waals surface area contributed by atoms with Crippen LogP contribution in [0.4, 0.5) is 10.5 Å². The van der Waals surface area contributed by atoms with Crippen molar-refractivity contribution in [3.63, 3.8) is 0 Å². The topological polar surface area (TPSA) is 102 Å². The van der Waals surface area contributed by atoms with Crippen molar-refractivity contribution in [1.82, 2.24) is 4.90 Å². The first kappa shape index (κ1) is 27.3. The predicted molar refractivity (Wildman–Crippen MR) is 146 cm³/mol. The Morgan fingerprint density at radius 1 is 1.03 bits per heavy atom. The highest BCUT2D eigenvalue weighted by atomic mass is 35.5. The molecule has 0 bridgehead atoms. The number of esters is 1. The number of halogens is 2. The van der Waals surface area contributed by atoms with Gasteiger partial charge in [-0.2, -0.15) is 0 Å².